The fourth-order valence-electron chi connectivity index (χ4n) is 3.41. The number of carbonyl (C=O) groups is 2. The minimum absolute atomic E-state index is 0.186. The third kappa shape index (κ3) is 5.58. The van der Waals surface area contributed by atoms with E-state index in [0.717, 1.165) is 16.7 Å². The van der Waals surface area contributed by atoms with Gasteiger partial charge in [-0.1, -0.05) is 65.2 Å². The molecular formula is C25H19BrCl2N2O3. The largest absolute Gasteiger partial charge is 0.486 e. The van der Waals surface area contributed by atoms with Crippen LogP contribution in [-0.2, 0) is 17.9 Å². The topological polar surface area (TPSA) is 58.6 Å². The predicted octanol–water partition coefficient (Wildman–Crippen LogP) is 6.74. The van der Waals surface area contributed by atoms with E-state index in [0.29, 0.717) is 32.4 Å². The summed E-state index contributed by atoms with van der Waals surface area (Å²) in [5.41, 5.74) is 3.72. The molecule has 0 saturated carbocycles. The molecule has 1 aliphatic heterocycles. The van der Waals surface area contributed by atoms with Crippen molar-refractivity contribution in [2.75, 3.05) is 0 Å². The lowest BCUT2D eigenvalue weighted by molar-refractivity contribution is -0.123. The maximum Gasteiger partial charge on any atom is 0.329 e. The molecule has 168 valence electrons. The van der Waals surface area contributed by atoms with Gasteiger partial charge in [-0.25, -0.2) is 4.79 Å². The van der Waals surface area contributed by atoms with Gasteiger partial charge in [-0.15, -0.1) is 0 Å². The van der Waals surface area contributed by atoms with Crippen molar-refractivity contribution in [3.05, 3.63) is 103 Å². The van der Waals surface area contributed by atoms with Crippen molar-refractivity contribution in [1.82, 2.24) is 10.2 Å². The highest BCUT2D eigenvalue weighted by molar-refractivity contribution is 9.10. The Morgan fingerprint density at radius 3 is 2.48 bits per heavy atom. The second-order valence-corrected chi connectivity index (χ2v) is 9.30. The van der Waals surface area contributed by atoms with Gasteiger partial charge in [-0.3, -0.25) is 9.69 Å². The van der Waals surface area contributed by atoms with Crippen LogP contribution < -0.4 is 10.1 Å². The number of rotatable bonds is 6. The van der Waals surface area contributed by atoms with Gasteiger partial charge in [0, 0.05) is 5.02 Å². The fourth-order valence-corrected chi connectivity index (χ4v) is 4.53. The average Bonchev–Trinajstić information content (AvgIpc) is 3.02. The number of hydrogen-bond donors (Lipinski definition) is 1. The van der Waals surface area contributed by atoms with Gasteiger partial charge in [0.2, 0.25) is 0 Å². The molecule has 1 heterocycles. The maximum atomic E-state index is 12.8. The number of amides is 3. The van der Waals surface area contributed by atoms with Crippen molar-refractivity contribution in [2.24, 2.45) is 0 Å². The Labute approximate surface area is 210 Å². The van der Waals surface area contributed by atoms with Crippen LogP contribution in [0.25, 0.3) is 6.08 Å². The zero-order valence-electron chi connectivity index (χ0n) is 17.6. The van der Waals surface area contributed by atoms with Crippen LogP contribution in [0.5, 0.6) is 5.75 Å². The first-order valence-corrected chi connectivity index (χ1v) is 11.6. The molecule has 1 N–H and O–H groups in total. The SMILES string of the molecule is Cc1cccc(CN2C(=O)N/C(=C/c3cc(Cl)c(OCc4ccc(Cl)cc4)c(Br)c3)C2=O)c1. The first-order valence-electron chi connectivity index (χ1n) is 10.1. The number of benzene rings is 3. The van der Waals surface area contributed by atoms with Crippen LogP contribution in [0.3, 0.4) is 0 Å². The Hall–Kier alpha value is -2.80. The van der Waals surface area contributed by atoms with Crippen LogP contribution in [0.2, 0.25) is 10.0 Å². The Morgan fingerprint density at radius 2 is 1.79 bits per heavy atom. The Kier molecular flexibility index (Phi) is 7.08. The van der Waals surface area contributed by atoms with Crippen LogP contribution in [-0.4, -0.2) is 16.8 Å². The Morgan fingerprint density at radius 1 is 1.03 bits per heavy atom. The summed E-state index contributed by atoms with van der Waals surface area (Å²) in [7, 11) is 0. The van der Waals surface area contributed by atoms with Gasteiger partial charge in [0.15, 0.2) is 5.75 Å². The molecule has 0 bridgehead atoms. The summed E-state index contributed by atoms with van der Waals surface area (Å²) in [5.74, 6) is 0.0911. The van der Waals surface area contributed by atoms with Gasteiger partial charge in [0.1, 0.15) is 12.3 Å². The van der Waals surface area contributed by atoms with Crippen molar-refractivity contribution >= 4 is 57.1 Å². The number of halogens is 3. The highest BCUT2D eigenvalue weighted by Gasteiger charge is 2.33. The number of aryl methyl sites for hydroxylation is 1. The molecule has 0 unspecified atom stereocenters. The van der Waals surface area contributed by atoms with Gasteiger partial charge in [0.05, 0.1) is 16.0 Å². The summed E-state index contributed by atoms with van der Waals surface area (Å²) in [6.45, 7) is 2.48. The maximum absolute atomic E-state index is 12.8. The van der Waals surface area contributed by atoms with Crippen molar-refractivity contribution in [3.63, 3.8) is 0 Å². The predicted molar refractivity (Wildman–Crippen MR) is 133 cm³/mol. The molecule has 5 nitrogen and oxygen atoms in total. The molecule has 8 heteroatoms. The number of carbonyl (C=O) groups excluding carboxylic acids is 2. The van der Waals surface area contributed by atoms with Gasteiger partial charge in [0.25, 0.3) is 5.91 Å². The second-order valence-electron chi connectivity index (χ2n) is 7.60. The van der Waals surface area contributed by atoms with Crippen LogP contribution in [0.15, 0.2) is 70.8 Å². The first kappa shape index (κ1) is 23.4. The second kappa shape index (κ2) is 10.00. The third-order valence-electron chi connectivity index (χ3n) is 5.01. The molecule has 3 amide bonds. The van der Waals surface area contributed by atoms with E-state index in [-0.39, 0.29) is 12.2 Å². The van der Waals surface area contributed by atoms with E-state index in [1.54, 1.807) is 30.3 Å². The van der Waals surface area contributed by atoms with Gasteiger partial charge < -0.3 is 10.1 Å². The summed E-state index contributed by atoms with van der Waals surface area (Å²) < 4.78 is 6.49. The van der Waals surface area contributed by atoms with Gasteiger partial charge in [-0.05, 0) is 69.9 Å². The van der Waals surface area contributed by atoms with Crippen molar-refractivity contribution in [2.45, 2.75) is 20.1 Å². The molecule has 0 radical (unpaired) electrons. The lowest BCUT2D eigenvalue weighted by Crippen LogP contribution is -2.30. The molecule has 1 fully saturated rings. The summed E-state index contributed by atoms with van der Waals surface area (Å²) in [6, 6.07) is 18.0. The standard InChI is InChI=1S/C25H19BrCl2N2O3/c1-15-3-2-4-17(9-15)13-30-24(31)22(29-25(30)32)12-18-10-20(26)23(21(28)11-18)33-14-16-5-7-19(27)8-6-16/h2-12H,13-14H2,1H3,(H,29,32)/b22-12+. The molecule has 0 spiro atoms. The first-order chi connectivity index (χ1) is 15.8. The summed E-state index contributed by atoms with van der Waals surface area (Å²) in [5, 5.41) is 3.67. The fraction of sp³-hybridized carbons (Fsp3) is 0.120. The monoisotopic (exact) mass is 544 g/mol. The Bertz CT molecular complexity index is 1240. The number of imide groups is 1. The molecule has 3 aromatic rings. The highest BCUT2D eigenvalue weighted by atomic mass is 79.9. The van der Waals surface area contributed by atoms with E-state index < -0.39 is 11.9 Å². The number of ether oxygens (including phenoxy) is 1. The van der Waals surface area contributed by atoms with E-state index in [1.807, 2.05) is 43.3 Å². The van der Waals surface area contributed by atoms with Crippen LogP contribution >= 0.6 is 39.1 Å². The quantitative estimate of drug-likeness (QED) is 0.276. The van der Waals surface area contributed by atoms with Crippen LogP contribution in [0, 0.1) is 6.92 Å². The molecule has 0 aromatic heterocycles. The molecular weight excluding hydrogens is 527 g/mol. The number of nitrogens with one attached hydrogen (secondary N) is 1. The van der Waals surface area contributed by atoms with E-state index in [4.69, 9.17) is 27.9 Å². The minimum atomic E-state index is -0.458. The molecule has 4 rings (SSSR count). The van der Waals surface area contributed by atoms with Crippen molar-refractivity contribution in [3.8, 4) is 5.75 Å². The molecule has 33 heavy (non-hydrogen) atoms. The zero-order chi connectivity index (χ0) is 23.5. The average molecular weight is 546 g/mol. The van der Waals surface area contributed by atoms with Crippen molar-refractivity contribution in [1.29, 1.82) is 0 Å². The van der Waals surface area contributed by atoms with Gasteiger partial charge >= 0.3 is 6.03 Å². The minimum Gasteiger partial charge on any atom is -0.486 e. The summed E-state index contributed by atoms with van der Waals surface area (Å²) >= 11 is 15.8. The van der Waals surface area contributed by atoms with E-state index >= 15 is 0 Å². The smallest absolute Gasteiger partial charge is 0.329 e. The van der Waals surface area contributed by atoms with E-state index in [9.17, 15) is 9.59 Å². The van der Waals surface area contributed by atoms with E-state index in [1.165, 1.54) is 4.90 Å². The Balaban J connectivity index is 1.49. The molecule has 1 aliphatic rings. The van der Waals surface area contributed by atoms with Gasteiger partial charge in [-0.2, -0.15) is 0 Å². The zero-order valence-corrected chi connectivity index (χ0v) is 20.7. The lowest BCUT2D eigenvalue weighted by Gasteiger charge is -2.12. The summed E-state index contributed by atoms with van der Waals surface area (Å²) in [6.07, 6.45) is 1.59. The molecule has 3 aromatic carbocycles. The van der Waals surface area contributed by atoms with Crippen LogP contribution in [0.1, 0.15) is 22.3 Å². The normalized spacial score (nSPS) is 14.7. The number of hydrogen-bond acceptors (Lipinski definition) is 3. The van der Waals surface area contributed by atoms with E-state index in [2.05, 4.69) is 21.2 Å². The number of nitrogens with zero attached hydrogens (tertiary/aromatic N) is 1. The summed E-state index contributed by atoms with van der Waals surface area (Å²) in [4.78, 5) is 26.4. The highest BCUT2D eigenvalue weighted by Crippen LogP contribution is 2.36. The molecule has 1 saturated heterocycles. The lowest BCUT2D eigenvalue weighted by atomic mass is 10.1. The third-order valence-corrected chi connectivity index (χ3v) is 6.14. The molecule has 0 aliphatic carbocycles. The molecule has 0 atom stereocenters. The van der Waals surface area contributed by atoms with Crippen LogP contribution in [0.4, 0.5) is 4.79 Å². The number of urea groups is 1. The van der Waals surface area contributed by atoms with Crippen molar-refractivity contribution < 1.29 is 14.3 Å².